The molecule has 1 aliphatic heterocycles. The molecule has 1 saturated heterocycles. The SMILES string of the molecule is O=C(N1CCC(Cc2nc(-c3ccccc3)n[nH]2)CC1)C1(c2ccccc2)CC1. The summed E-state index contributed by atoms with van der Waals surface area (Å²) >= 11 is 0. The lowest BCUT2D eigenvalue weighted by molar-refractivity contribution is -0.135. The fourth-order valence-corrected chi connectivity index (χ4v) is 4.53. The maximum atomic E-state index is 13.2. The van der Waals surface area contributed by atoms with Crippen LogP contribution in [0, 0.1) is 5.92 Å². The van der Waals surface area contributed by atoms with Crippen LogP contribution >= 0.6 is 0 Å². The number of H-pyrrole nitrogens is 1. The Balaban J connectivity index is 1.18. The van der Waals surface area contributed by atoms with Crippen LogP contribution in [0.3, 0.4) is 0 Å². The number of carbonyl (C=O) groups is 1. The minimum absolute atomic E-state index is 0.246. The van der Waals surface area contributed by atoms with Crippen molar-refractivity contribution in [1.82, 2.24) is 20.1 Å². The number of amides is 1. The van der Waals surface area contributed by atoms with Crippen molar-refractivity contribution >= 4 is 5.91 Å². The molecule has 1 amide bonds. The number of hydrogen-bond acceptors (Lipinski definition) is 3. The normalized spacial score (nSPS) is 18.6. The van der Waals surface area contributed by atoms with Gasteiger partial charge in [-0.2, -0.15) is 5.10 Å². The minimum atomic E-state index is -0.246. The molecule has 0 bridgehead atoms. The van der Waals surface area contributed by atoms with Crippen molar-refractivity contribution in [2.24, 2.45) is 5.92 Å². The van der Waals surface area contributed by atoms with E-state index in [0.717, 1.165) is 62.4 Å². The Hall–Kier alpha value is -2.95. The predicted molar refractivity (Wildman–Crippen MR) is 112 cm³/mol. The molecular formula is C24H26N4O. The fraction of sp³-hybridized carbons (Fsp3) is 0.375. The van der Waals surface area contributed by atoms with Crippen LogP contribution in [0.15, 0.2) is 60.7 Å². The lowest BCUT2D eigenvalue weighted by Gasteiger charge is -2.34. The van der Waals surface area contributed by atoms with Crippen LogP contribution in [0.25, 0.3) is 11.4 Å². The van der Waals surface area contributed by atoms with Gasteiger partial charge in [0.15, 0.2) is 5.82 Å². The van der Waals surface area contributed by atoms with Crippen LogP contribution in [-0.2, 0) is 16.6 Å². The molecular weight excluding hydrogens is 360 g/mol. The zero-order chi connectivity index (χ0) is 19.7. The zero-order valence-corrected chi connectivity index (χ0v) is 16.6. The summed E-state index contributed by atoms with van der Waals surface area (Å²) in [7, 11) is 0. The monoisotopic (exact) mass is 386 g/mol. The van der Waals surface area contributed by atoms with Gasteiger partial charge in [-0.25, -0.2) is 4.98 Å². The van der Waals surface area contributed by atoms with E-state index in [4.69, 9.17) is 0 Å². The summed E-state index contributed by atoms with van der Waals surface area (Å²) in [6, 6.07) is 20.3. The lowest BCUT2D eigenvalue weighted by atomic mass is 9.90. The zero-order valence-electron chi connectivity index (χ0n) is 16.6. The molecule has 29 heavy (non-hydrogen) atoms. The van der Waals surface area contributed by atoms with E-state index in [2.05, 4.69) is 32.2 Å². The number of carbonyl (C=O) groups excluding carboxylic acids is 1. The van der Waals surface area contributed by atoms with E-state index in [0.29, 0.717) is 11.8 Å². The molecule has 0 radical (unpaired) electrons. The van der Waals surface area contributed by atoms with E-state index < -0.39 is 0 Å². The van der Waals surface area contributed by atoms with Crippen LogP contribution in [0.2, 0.25) is 0 Å². The van der Waals surface area contributed by atoms with E-state index >= 15 is 0 Å². The first kappa shape index (κ1) is 18.1. The summed E-state index contributed by atoms with van der Waals surface area (Å²) in [5.41, 5.74) is 1.97. The Labute approximate surface area is 171 Å². The second-order valence-corrected chi connectivity index (χ2v) is 8.36. The molecule has 5 rings (SSSR count). The number of likely N-dealkylation sites (tertiary alicyclic amines) is 1. The number of rotatable bonds is 5. The van der Waals surface area contributed by atoms with Gasteiger partial charge in [-0.3, -0.25) is 9.89 Å². The highest BCUT2D eigenvalue weighted by atomic mass is 16.2. The first-order valence-electron chi connectivity index (χ1n) is 10.6. The topological polar surface area (TPSA) is 61.9 Å². The van der Waals surface area contributed by atoms with E-state index in [1.807, 2.05) is 48.5 Å². The summed E-state index contributed by atoms with van der Waals surface area (Å²) in [6.07, 6.45) is 4.91. The van der Waals surface area contributed by atoms with Crippen LogP contribution < -0.4 is 0 Å². The molecule has 1 saturated carbocycles. The summed E-state index contributed by atoms with van der Waals surface area (Å²) in [5.74, 6) is 2.57. The summed E-state index contributed by atoms with van der Waals surface area (Å²) in [5, 5.41) is 7.47. The molecule has 3 aromatic rings. The second-order valence-electron chi connectivity index (χ2n) is 8.36. The molecule has 2 aromatic carbocycles. The second kappa shape index (κ2) is 7.47. The minimum Gasteiger partial charge on any atom is -0.342 e. The van der Waals surface area contributed by atoms with E-state index in [1.54, 1.807) is 0 Å². The van der Waals surface area contributed by atoms with Crippen molar-refractivity contribution < 1.29 is 4.79 Å². The predicted octanol–water partition coefficient (Wildman–Crippen LogP) is 3.98. The number of nitrogens with one attached hydrogen (secondary N) is 1. The quantitative estimate of drug-likeness (QED) is 0.721. The number of aromatic amines is 1. The lowest BCUT2D eigenvalue weighted by Crippen LogP contribution is -2.44. The smallest absolute Gasteiger partial charge is 0.233 e. The Morgan fingerprint density at radius 3 is 2.31 bits per heavy atom. The molecule has 5 nitrogen and oxygen atoms in total. The third-order valence-corrected chi connectivity index (χ3v) is 6.43. The van der Waals surface area contributed by atoms with Crippen molar-refractivity contribution in [3.8, 4) is 11.4 Å². The third kappa shape index (κ3) is 3.57. The molecule has 1 N–H and O–H groups in total. The number of nitrogens with zero attached hydrogens (tertiary/aromatic N) is 3. The van der Waals surface area contributed by atoms with E-state index in [9.17, 15) is 4.79 Å². The number of piperidine rings is 1. The van der Waals surface area contributed by atoms with Gasteiger partial charge >= 0.3 is 0 Å². The molecule has 5 heteroatoms. The van der Waals surface area contributed by atoms with Gasteiger partial charge in [-0.05, 0) is 37.2 Å². The van der Waals surface area contributed by atoms with Crippen LogP contribution in [0.5, 0.6) is 0 Å². The highest BCUT2D eigenvalue weighted by Gasteiger charge is 2.53. The highest BCUT2D eigenvalue weighted by Crippen LogP contribution is 2.49. The Bertz CT molecular complexity index is 970. The van der Waals surface area contributed by atoms with Gasteiger partial charge in [-0.1, -0.05) is 60.7 Å². The maximum absolute atomic E-state index is 13.2. The van der Waals surface area contributed by atoms with Crippen molar-refractivity contribution in [3.63, 3.8) is 0 Å². The average molecular weight is 386 g/mol. The van der Waals surface area contributed by atoms with Crippen molar-refractivity contribution in [2.45, 2.75) is 37.5 Å². The van der Waals surface area contributed by atoms with Gasteiger partial charge in [0.25, 0.3) is 0 Å². The average Bonchev–Trinajstić information content (AvgIpc) is 3.47. The maximum Gasteiger partial charge on any atom is 0.233 e. The molecule has 1 aromatic heterocycles. The Kier molecular flexibility index (Phi) is 4.66. The first-order chi connectivity index (χ1) is 14.2. The Morgan fingerprint density at radius 1 is 1.00 bits per heavy atom. The number of benzene rings is 2. The van der Waals surface area contributed by atoms with Gasteiger partial charge in [0.05, 0.1) is 5.41 Å². The van der Waals surface area contributed by atoms with Gasteiger partial charge in [0.1, 0.15) is 5.82 Å². The highest BCUT2D eigenvalue weighted by molar-refractivity contribution is 5.91. The molecule has 2 heterocycles. The fourth-order valence-electron chi connectivity index (χ4n) is 4.53. The van der Waals surface area contributed by atoms with Crippen molar-refractivity contribution in [1.29, 1.82) is 0 Å². The summed E-state index contributed by atoms with van der Waals surface area (Å²) in [6.45, 7) is 1.69. The van der Waals surface area contributed by atoms with E-state index in [1.165, 1.54) is 5.56 Å². The molecule has 2 fully saturated rings. The molecule has 148 valence electrons. The van der Waals surface area contributed by atoms with Crippen molar-refractivity contribution in [2.75, 3.05) is 13.1 Å². The standard InChI is InChI=1S/C24H26N4O/c29-23(24(13-14-24)20-9-5-2-6-10-20)28-15-11-18(12-16-28)17-21-25-22(27-26-21)19-7-3-1-4-8-19/h1-10,18H,11-17H2,(H,25,26,27). The summed E-state index contributed by atoms with van der Waals surface area (Å²) < 4.78 is 0. The van der Waals surface area contributed by atoms with Crippen LogP contribution in [0.1, 0.15) is 37.1 Å². The molecule has 1 aliphatic carbocycles. The first-order valence-corrected chi connectivity index (χ1v) is 10.6. The largest absolute Gasteiger partial charge is 0.342 e. The molecule has 0 atom stereocenters. The van der Waals surface area contributed by atoms with Gasteiger partial charge in [-0.15, -0.1) is 0 Å². The number of hydrogen-bond donors (Lipinski definition) is 1. The molecule has 0 spiro atoms. The van der Waals surface area contributed by atoms with Gasteiger partial charge < -0.3 is 4.90 Å². The van der Waals surface area contributed by atoms with Crippen LogP contribution in [0.4, 0.5) is 0 Å². The van der Waals surface area contributed by atoms with Gasteiger partial charge in [0.2, 0.25) is 5.91 Å². The summed E-state index contributed by atoms with van der Waals surface area (Å²) in [4.78, 5) is 20.0. The third-order valence-electron chi connectivity index (χ3n) is 6.43. The Morgan fingerprint density at radius 2 is 1.66 bits per heavy atom. The molecule has 2 aliphatic rings. The van der Waals surface area contributed by atoms with Gasteiger partial charge in [0, 0.05) is 25.1 Å². The number of aromatic nitrogens is 3. The van der Waals surface area contributed by atoms with E-state index in [-0.39, 0.29) is 5.41 Å². The van der Waals surface area contributed by atoms with Crippen molar-refractivity contribution in [3.05, 3.63) is 72.1 Å². The molecule has 0 unspecified atom stereocenters. The van der Waals surface area contributed by atoms with Crippen LogP contribution in [-0.4, -0.2) is 39.1 Å².